The molecule has 0 aliphatic heterocycles. The SMILES string of the molecule is CN(CC(=O)Nc1ccc(Cl)c(C(F)(F)F)c1)c1nccc(C(F)(F)F)n1. The van der Waals surface area contributed by atoms with Crippen LogP contribution in [0.2, 0.25) is 5.02 Å². The minimum absolute atomic E-state index is 0.171. The van der Waals surface area contributed by atoms with E-state index in [0.717, 1.165) is 23.2 Å². The van der Waals surface area contributed by atoms with E-state index in [9.17, 15) is 31.1 Å². The quantitative estimate of drug-likeness (QED) is 0.763. The molecule has 0 spiro atoms. The number of amides is 1. The second-order valence-corrected chi connectivity index (χ2v) is 5.74. The van der Waals surface area contributed by atoms with Crippen LogP contribution >= 0.6 is 11.6 Å². The van der Waals surface area contributed by atoms with Crippen molar-refractivity contribution in [1.29, 1.82) is 0 Å². The van der Waals surface area contributed by atoms with Gasteiger partial charge in [0.05, 0.1) is 17.1 Å². The summed E-state index contributed by atoms with van der Waals surface area (Å²) in [5.74, 6) is -1.15. The van der Waals surface area contributed by atoms with Gasteiger partial charge in [0.25, 0.3) is 0 Å². The molecule has 0 bridgehead atoms. The van der Waals surface area contributed by atoms with E-state index in [1.165, 1.54) is 7.05 Å². The molecule has 0 aliphatic rings. The van der Waals surface area contributed by atoms with Crippen molar-refractivity contribution in [3.8, 4) is 0 Å². The van der Waals surface area contributed by atoms with Crippen molar-refractivity contribution in [1.82, 2.24) is 9.97 Å². The Bertz CT molecular complexity index is 840. The number of benzene rings is 1. The maximum atomic E-state index is 12.8. The normalized spacial score (nSPS) is 12.0. The van der Waals surface area contributed by atoms with E-state index in [4.69, 9.17) is 11.6 Å². The largest absolute Gasteiger partial charge is 0.433 e. The molecule has 2 aromatic rings. The van der Waals surface area contributed by atoms with Gasteiger partial charge in [0, 0.05) is 18.9 Å². The maximum absolute atomic E-state index is 12.8. The molecule has 2 rings (SSSR count). The van der Waals surface area contributed by atoms with Gasteiger partial charge in [0.1, 0.15) is 5.69 Å². The Morgan fingerprint density at radius 2 is 1.81 bits per heavy atom. The summed E-state index contributed by atoms with van der Waals surface area (Å²) in [6.07, 6.45) is -8.51. The van der Waals surface area contributed by atoms with Gasteiger partial charge in [0.2, 0.25) is 11.9 Å². The molecule has 12 heteroatoms. The van der Waals surface area contributed by atoms with Gasteiger partial charge in [-0.3, -0.25) is 4.79 Å². The maximum Gasteiger partial charge on any atom is 0.433 e. The number of rotatable bonds is 4. The monoisotopic (exact) mass is 412 g/mol. The van der Waals surface area contributed by atoms with Crippen LogP contribution in [0.4, 0.5) is 38.0 Å². The number of halogens is 7. The van der Waals surface area contributed by atoms with Crippen LogP contribution in [0.1, 0.15) is 11.3 Å². The molecule has 5 nitrogen and oxygen atoms in total. The van der Waals surface area contributed by atoms with Crippen LogP contribution in [-0.4, -0.2) is 29.5 Å². The zero-order chi connectivity index (χ0) is 20.4. The fourth-order valence-electron chi connectivity index (χ4n) is 2.00. The summed E-state index contributed by atoms with van der Waals surface area (Å²) >= 11 is 5.48. The third-order valence-corrected chi connectivity index (χ3v) is 3.54. The third kappa shape index (κ3) is 5.46. The molecule has 0 unspecified atom stereocenters. The Morgan fingerprint density at radius 3 is 2.41 bits per heavy atom. The number of alkyl halides is 6. The average molecular weight is 413 g/mol. The van der Waals surface area contributed by atoms with Crippen LogP contribution in [0.5, 0.6) is 0 Å². The first kappa shape index (κ1) is 20.7. The molecule has 146 valence electrons. The highest BCUT2D eigenvalue weighted by atomic mass is 35.5. The number of carbonyl (C=O) groups excluding carboxylic acids is 1. The highest BCUT2D eigenvalue weighted by molar-refractivity contribution is 6.31. The van der Waals surface area contributed by atoms with Crippen molar-refractivity contribution >= 4 is 29.1 Å². The van der Waals surface area contributed by atoms with Crippen molar-refractivity contribution in [3.05, 3.63) is 46.7 Å². The molecule has 1 amide bonds. The van der Waals surface area contributed by atoms with Crippen LogP contribution < -0.4 is 10.2 Å². The predicted octanol–water partition coefficient (Wildman–Crippen LogP) is 4.24. The second-order valence-electron chi connectivity index (χ2n) is 5.34. The molecule has 0 saturated heterocycles. The summed E-state index contributed by atoms with van der Waals surface area (Å²) in [7, 11) is 1.26. The summed E-state index contributed by atoms with van der Waals surface area (Å²) in [6, 6.07) is 3.46. The summed E-state index contributed by atoms with van der Waals surface area (Å²) in [6.45, 7) is -0.495. The van der Waals surface area contributed by atoms with Crippen LogP contribution in [0.15, 0.2) is 30.5 Å². The molecular formula is C15H11ClF6N4O. The van der Waals surface area contributed by atoms with Crippen molar-refractivity contribution in [2.45, 2.75) is 12.4 Å². The predicted molar refractivity (Wildman–Crippen MR) is 85.4 cm³/mol. The molecule has 0 aliphatic carbocycles. The van der Waals surface area contributed by atoms with E-state index in [1.807, 2.05) is 0 Å². The van der Waals surface area contributed by atoms with Crippen molar-refractivity contribution in [2.75, 3.05) is 23.8 Å². The standard InChI is InChI=1S/C15H11ClF6N4O/c1-26(13-23-5-4-11(25-13)15(20,21)22)7-12(27)24-8-2-3-10(16)9(6-8)14(17,18)19/h2-6H,7H2,1H3,(H,24,27). The number of hydrogen-bond acceptors (Lipinski definition) is 4. The van der Waals surface area contributed by atoms with Crippen LogP contribution in [0.25, 0.3) is 0 Å². The summed E-state index contributed by atoms with van der Waals surface area (Å²) in [5, 5.41) is 1.68. The molecule has 1 aromatic heterocycles. The molecule has 0 saturated carbocycles. The van der Waals surface area contributed by atoms with E-state index in [2.05, 4.69) is 15.3 Å². The first-order valence-corrected chi connectivity index (χ1v) is 7.53. The highest BCUT2D eigenvalue weighted by Gasteiger charge is 2.34. The van der Waals surface area contributed by atoms with Gasteiger partial charge in [0.15, 0.2) is 0 Å². The lowest BCUT2D eigenvalue weighted by Crippen LogP contribution is -2.31. The summed E-state index contributed by atoms with van der Waals surface area (Å²) in [5.41, 5.74) is -2.49. The van der Waals surface area contributed by atoms with Crippen LogP contribution in [-0.2, 0) is 17.1 Å². The van der Waals surface area contributed by atoms with E-state index < -0.39 is 41.1 Å². The second kappa shape index (κ2) is 7.59. The molecule has 27 heavy (non-hydrogen) atoms. The van der Waals surface area contributed by atoms with Crippen molar-refractivity contribution in [3.63, 3.8) is 0 Å². The van der Waals surface area contributed by atoms with E-state index >= 15 is 0 Å². The summed E-state index contributed by atoms with van der Waals surface area (Å²) < 4.78 is 76.4. The van der Waals surface area contributed by atoms with Gasteiger partial charge in [-0.2, -0.15) is 26.3 Å². The molecule has 1 aromatic carbocycles. The Labute approximate surface area is 154 Å². The number of nitrogens with one attached hydrogen (secondary N) is 1. The lowest BCUT2D eigenvalue weighted by atomic mass is 10.2. The van der Waals surface area contributed by atoms with Gasteiger partial charge in [-0.1, -0.05) is 11.6 Å². The third-order valence-electron chi connectivity index (χ3n) is 3.21. The fourth-order valence-corrected chi connectivity index (χ4v) is 2.22. The number of likely N-dealkylation sites (N-methyl/N-ethyl adjacent to an activating group) is 1. The van der Waals surface area contributed by atoms with Crippen molar-refractivity contribution < 1.29 is 31.1 Å². The van der Waals surface area contributed by atoms with Gasteiger partial charge in [-0.05, 0) is 24.3 Å². The topological polar surface area (TPSA) is 58.1 Å². The molecule has 0 fully saturated rings. The van der Waals surface area contributed by atoms with E-state index in [0.29, 0.717) is 12.1 Å². The van der Waals surface area contributed by atoms with E-state index in [1.54, 1.807) is 0 Å². The number of nitrogens with zero attached hydrogens (tertiary/aromatic N) is 3. The minimum atomic E-state index is -4.71. The number of carbonyl (C=O) groups is 1. The molecule has 0 atom stereocenters. The smallest absolute Gasteiger partial charge is 0.335 e. The first-order chi connectivity index (χ1) is 12.4. The Morgan fingerprint density at radius 1 is 1.15 bits per heavy atom. The number of aromatic nitrogens is 2. The van der Waals surface area contributed by atoms with Crippen molar-refractivity contribution in [2.24, 2.45) is 0 Å². The number of anilines is 2. The Kier molecular flexibility index (Phi) is 5.83. The molecule has 0 radical (unpaired) electrons. The van der Waals surface area contributed by atoms with Gasteiger partial charge >= 0.3 is 12.4 Å². The molecular weight excluding hydrogens is 402 g/mol. The van der Waals surface area contributed by atoms with Gasteiger partial charge in [-0.25, -0.2) is 9.97 Å². The summed E-state index contributed by atoms with van der Waals surface area (Å²) in [4.78, 5) is 19.9. The Balaban J connectivity index is 2.10. The fraction of sp³-hybridized carbons (Fsp3) is 0.267. The van der Waals surface area contributed by atoms with Crippen LogP contribution in [0.3, 0.4) is 0 Å². The van der Waals surface area contributed by atoms with E-state index in [-0.39, 0.29) is 11.6 Å². The van der Waals surface area contributed by atoms with Gasteiger partial charge < -0.3 is 10.2 Å². The zero-order valence-electron chi connectivity index (χ0n) is 13.5. The van der Waals surface area contributed by atoms with Gasteiger partial charge in [-0.15, -0.1) is 0 Å². The highest BCUT2D eigenvalue weighted by Crippen LogP contribution is 2.36. The van der Waals surface area contributed by atoms with Crippen LogP contribution in [0, 0.1) is 0 Å². The minimum Gasteiger partial charge on any atom is -0.335 e. The lowest BCUT2D eigenvalue weighted by molar-refractivity contribution is -0.141. The first-order valence-electron chi connectivity index (χ1n) is 7.16. The average Bonchev–Trinajstić information content (AvgIpc) is 2.55. The lowest BCUT2D eigenvalue weighted by Gasteiger charge is -2.18. The number of hydrogen-bond donors (Lipinski definition) is 1. The Hall–Kier alpha value is -2.56. The zero-order valence-corrected chi connectivity index (χ0v) is 14.2. The molecule has 1 heterocycles. The molecule has 1 N–H and O–H groups in total.